The Balaban J connectivity index is 1.87. The van der Waals surface area contributed by atoms with Crippen LogP contribution >= 0.6 is 0 Å². The van der Waals surface area contributed by atoms with Gasteiger partial charge in [-0.3, -0.25) is 9.10 Å². The number of carbonyl (C=O) groups is 1. The third-order valence-electron chi connectivity index (χ3n) is 5.06. The van der Waals surface area contributed by atoms with Crippen LogP contribution in [-0.2, 0) is 14.8 Å². The summed E-state index contributed by atoms with van der Waals surface area (Å²) in [5.74, 6) is 0.235. The highest BCUT2D eigenvalue weighted by Gasteiger charge is 2.24. The Kier molecular flexibility index (Phi) is 7.53. The van der Waals surface area contributed by atoms with Gasteiger partial charge in [0.15, 0.2) is 0 Å². The van der Waals surface area contributed by atoms with Crippen molar-refractivity contribution in [3.8, 4) is 5.75 Å². The maximum atomic E-state index is 13.1. The predicted octanol–water partition coefficient (Wildman–Crippen LogP) is 4.07. The smallest absolute Gasteiger partial charge is 0.241 e. The Labute approximate surface area is 189 Å². The van der Waals surface area contributed by atoms with Crippen LogP contribution in [0.1, 0.15) is 29.7 Å². The molecule has 0 aromatic heterocycles. The van der Waals surface area contributed by atoms with E-state index >= 15 is 0 Å². The number of aryl methyl sites for hydroxylation is 1. The molecule has 3 aromatic carbocycles. The van der Waals surface area contributed by atoms with Crippen molar-refractivity contribution in [3.63, 3.8) is 0 Å². The zero-order valence-corrected chi connectivity index (χ0v) is 19.3. The summed E-state index contributed by atoms with van der Waals surface area (Å²) in [6.07, 6.45) is 1.09. The van der Waals surface area contributed by atoms with Gasteiger partial charge in [-0.1, -0.05) is 54.6 Å². The molecule has 1 amide bonds. The van der Waals surface area contributed by atoms with E-state index in [0.717, 1.165) is 27.3 Å². The average molecular weight is 453 g/mol. The van der Waals surface area contributed by atoms with E-state index in [1.165, 1.54) is 0 Å². The van der Waals surface area contributed by atoms with Gasteiger partial charge in [-0.05, 0) is 54.8 Å². The quantitative estimate of drug-likeness (QED) is 0.531. The van der Waals surface area contributed by atoms with Crippen LogP contribution < -0.4 is 14.4 Å². The van der Waals surface area contributed by atoms with Crippen molar-refractivity contribution >= 4 is 21.6 Å². The van der Waals surface area contributed by atoms with E-state index in [1.807, 2.05) is 68.4 Å². The molecule has 0 fully saturated rings. The van der Waals surface area contributed by atoms with Crippen LogP contribution in [0, 0.1) is 6.92 Å². The van der Waals surface area contributed by atoms with E-state index in [0.29, 0.717) is 18.0 Å². The minimum absolute atomic E-state index is 0.331. The molecule has 32 heavy (non-hydrogen) atoms. The zero-order chi connectivity index (χ0) is 23.1. The molecule has 0 aliphatic carbocycles. The third-order valence-corrected chi connectivity index (χ3v) is 6.20. The molecular weight excluding hydrogens is 424 g/mol. The summed E-state index contributed by atoms with van der Waals surface area (Å²) in [7, 11) is -3.68. The molecule has 0 radical (unpaired) electrons. The minimum Gasteiger partial charge on any atom is -0.494 e. The molecule has 3 rings (SSSR count). The lowest BCUT2D eigenvalue weighted by molar-refractivity contribution is -0.120. The molecule has 0 spiro atoms. The highest BCUT2D eigenvalue weighted by molar-refractivity contribution is 7.92. The lowest BCUT2D eigenvalue weighted by Crippen LogP contribution is -2.42. The minimum atomic E-state index is -3.68. The number of sulfonamides is 1. The number of nitrogens with zero attached hydrogens (tertiary/aromatic N) is 1. The van der Waals surface area contributed by atoms with E-state index in [4.69, 9.17) is 4.74 Å². The summed E-state index contributed by atoms with van der Waals surface area (Å²) < 4.78 is 31.5. The molecular formula is C25H28N2O4S. The van der Waals surface area contributed by atoms with Crippen LogP contribution in [0.15, 0.2) is 78.9 Å². The molecule has 0 aliphatic rings. The number of amides is 1. The van der Waals surface area contributed by atoms with Gasteiger partial charge in [-0.15, -0.1) is 0 Å². The summed E-state index contributed by atoms with van der Waals surface area (Å²) in [6.45, 7) is 4.04. The first-order valence-electron chi connectivity index (χ1n) is 10.4. The Morgan fingerprint density at radius 1 is 0.969 bits per heavy atom. The number of hydrogen-bond donors (Lipinski definition) is 1. The van der Waals surface area contributed by atoms with Gasteiger partial charge in [-0.25, -0.2) is 8.42 Å². The number of ether oxygens (including phenoxy) is 1. The first kappa shape index (κ1) is 23.3. The Morgan fingerprint density at radius 2 is 1.59 bits per heavy atom. The maximum Gasteiger partial charge on any atom is 0.241 e. The van der Waals surface area contributed by atoms with Crippen LogP contribution in [0.2, 0.25) is 0 Å². The largest absolute Gasteiger partial charge is 0.494 e. The fourth-order valence-electron chi connectivity index (χ4n) is 3.51. The summed E-state index contributed by atoms with van der Waals surface area (Å²) in [5.41, 5.74) is 3.31. The molecule has 7 heteroatoms. The van der Waals surface area contributed by atoms with Gasteiger partial charge in [0.05, 0.1) is 24.6 Å². The fourth-order valence-corrected chi connectivity index (χ4v) is 4.37. The lowest BCUT2D eigenvalue weighted by atomic mass is 9.95. The molecule has 6 nitrogen and oxygen atoms in total. The number of benzene rings is 3. The Hall–Kier alpha value is -3.32. The second-order valence-electron chi connectivity index (χ2n) is 7.46. The van der Waals surface area contributed by atoms with E-state index in [-0.39, 0.29) is 6.54 Å². The average Bonchev–Trinajstić information content (AvgIpc) is 2.77. The molecule has 0 unspecified atom stereocenters. The zero-order valence-electron chi connectivity index (χ0n) is 18.5. The molecule has 0 saturated heterocycles. The fraction of sp³-hybridized carbons (Fsp3) is 0.240. The number of anilines is 1. The topological polar surface area (TPSA) is 75.7 Å². The van der Waals surface area contributed by atoms with Crippen LogP contribution in [0.5, 0.6) is 5.75 Å². The molecule has 1 N–H and O–H groups in total. The molecule has 1 atom stereocenters. The van der Waals surface area contributed by atoms with Gasteiger partial charge in [-0.2, -0.15) is 0 Å². The SMILES string of the molecule is CCOc1ccc(N(CC(=O)N[C@@H](c2ccccc2)c2ccccc2C)S(C)(=O)=O)cc1. The molecule has 0 heterocycles. The standard InChI is InChI=1S/C25H28N2O4S/c1-4-31-22-16-14-21(15-17-22)27(32(3,29)30)18-24(28)26-25(20-11-6-5-7-12-20)23-13-9-8-10-19(23)2/h5-17,25H,4,18H2,1-3H3,(H,26,28)/t25-/m0/s1. The van der Waals surface area contributed by atoms with Gasteiger partial charge < -0.3 is 10.1 Å². The van der Waals surface area contributed by atoms with Crippen molar-refractivity contribution < 1.29 is 17.9 Å². The summed E-state index contributed by atoms with van der Waals surface area (Å²) >= 11 is 0. The van der Waals surface area contributed by atoms with Crippen molar-refractivity contribution in [1.29, 1.82) is 0 Å². The van der Waals surface area contributed by atoms with Crippen molar-refractivity contribution in [3.05, 3.63) is 95.6 Å². The van der Waals surface area contributed by atoms with E-state index < -0.39 is 22.0 Å². The second-order valence-corrected chi connectivity index (χ2v) is 9.37. The van der Waals surface area contributed by atoms with Crippen molar-refractivity contribution in [2.45, 2.75) is 19.9 Å². The van der Waals surface area contributed by atoms with Gasteiger partial charge in [0.2, 0.25) is 15.9 Å². The van der Waals surface area contributed by atoms with Crippen LogP contribution in [-0.4, -0.2) is 33.7 Å². The number of carbonyl (C=O) groups excluding carboxylic acids is 1. The van der Waals surface area contributed by atoms with Crippen molar-refractivity contribution in [2.24, 2.45) is 0 Å². The lowest BCUT2D eigenvalue weighted by Gasteiger charge is -2.25. The molecule has 3 aromatic rings. The highest BCUT2D eigenvalue weighted by atomic mass is 32.2. The number of hydrogen-bond acceptors (Lipinski definition) is 4. The second kappa shape index (κ2) is 10.3. The van der Waals surface area contributed by atoms with Crippen molar-refractivity contribution in [2.75, 3.05) is 23.7 Å². The monoisotopic (exact) mass is 452 g/mol. The Morgan fingerprint density at radius 3 is 2.19 bits per heavy atom. The summed E-state index contributed by atoms with van der Waals surface area (Å²) in [4.78, 5) is 13.1. The van der Waals surface area contributed by atoms with E-state index in [2.05, 4.69) is 5.32 Å². The van der Waals surface area contributed by atoms with E-state index in [9.17, 15) is 13.2 Å². The van der Waals surface area contributed by atoms with Gasteiger partial charge >= 0.3 is 0 Å². The van der Waals surface area contributed by atoms with Crippen molar-refractivity contribution in [1.82, 2.24) is 5.32 Å². The van der Waals surface area contributed by atoms with Crippen LogP contribution in [0.25, 0.3) is 0 Å². The van der Waals surface area contributed by atoms with Gasteiger partial charge in [0.25, 0.3) is 0 Å². The van der Waals surface area contributed by atoms with Crippen LogP contribution in [0.3, 0.4) is 0 Å². The van der Waals surface area contributed by atoms with Gasteiger partial charge in [0, 0.05) is 0 Å². The molecule has 0 aliphatic heterocycles. The van der Waals surface area contributed by atoms with Crippen LogP contribution in [0.4, 0.5) is 5.69 Å². The molecule has 0 saturated carbocycles. The highest BCUT2D eigenvalue weighted by Crippen LogP contribution is 2.26. The number of nitrogens with one attached hydrogen (secondary N) is 1. The Bertz CT molecular complexity index is 1150. The van der Waals surface area contributed by atoms with Gasteiger partial charge in [0.1, 0.15) is 12.3 Å². The molecule has 0 bridgehead atoms. The third kappa shape index (κ3) is 5.88. The normalized spacial score (nSPS) is 12.1. The summed E-state index contributed by atoms with van der Waals surface area (Å²) in [5, 5.41) is 3.02. The number of rotatable bonds is 9. The first-order chi connectivity index (χ1) is 15.3. The predicted molar refractivity (Wildman–Crippen MR) is 127 cm³/mol. The molecule has 168 valence electrons. The van der Waals surface area contributed by atoms with E-state index in [1.54, 1.807) is 24.3 Å². The first-order valence-corrected chi connectivity index (χ1v) is 12.2. The summed E-state index contributed by atoms with van der Waals surface area (Å²) in [6, 6.07) is 23.7. The maximum absolute atomic E-state index is 13.1.